The zero-order valence-electron chi connectivity index (χ0n) is 19.5. The predicted octanol–water partition coefficient (Wildman–Crippen LogP) is 4.45. The van der Waals surface area contributed by atoms with Crippen LogP contribution >= 0.6 is 0 Å². The Morgan fingerprint density at radius 2 is 1.65 bits per heavy atom. The van der Waals surface area contributed by atoms with E-state index in [2.05, 4.69) is 24.4 Å². The number of ether oxygens (including phenoxy) is 1. The van der Waals surface area contributed by atoms with Crippen molar-refractivity contribution in [1.29, 1.82) is 0 Å². The van der Waals surface area contributed by atoms with Gasteiger partial charge in [0.25, 0.3) is 5.91 Å². The highest BCUT2D eigenvalue weighted by molar-refractivity contribution is 7.92. The van der Waals surface area contributed by atoms with Crippen molar-refractivity contribution >= 4 is 27.8 Å². The number of sulfonamides is 1. The maximum absolute atomic E-state index is 12.4. The van der Waals surface area contributed by atoms with Gasteiger partial charge in [-0.2, -0.15) is 5.10 Å². The van der Waals surface area contributed by atoms with E-state index in [1.807, 2.05) is 54.6 Å². The molecule has 0 aliphatic rings. The van der Waals surface area contributed by atoms with Gasteiger partial charge >= 0.3 is 0 Å². The van der Waals surface area contributed by atoms with Crippen LogP contribution in [0, 0.1) is 5.92 Å². The van der Waals surface area contributed by atoms with E-state index < -0.39 is 15.9 Å². The van der Waals surface area contributed by atoms with Crippen LogP contribution in [0.5, 0.6) is 5.75 Å². The van der Waals surface area contributed by atoms with Crippen LogP contribution in [0.2, 0.25) is 0 Å². The Balaban J connectivity index is 1.61. The summed E-state index contributed by atoms with van der Waals surface area (Å²) in [7, 11) is -3.50. The van der Waals surface area contributed by atoms with Crippen molar-refractivity contribution in [1.82, 2.24) is 5.43 Å². The minimum atomic E-state index is -3.50. The van der Waals surface area contributed by atoms with E-state index in [1.54, 1.807) is 30.5 Å². The van der Waals surface area contributed by atoms with E-state index in [1.165, 1.54) is 4.31 Å². The number of hydrazone groups is 1. The Kier molecular flexibility index (Phi) is 8.43. The molecule has 0 saturated carbocycles. The molecule has 0 atom stereocenters. The summed E-state index contributed by atoms with van der Waals surface area (Å²) in [5, 5.41) is 4.00. The van der Waals surface area contributed by atoms with Crippen LogP contribution in [0.3, 0.4) is 0 Å². The first-order valence-electron chi connectivity index (χ1n) is 10.9. The van der Waals surface area contributed by atoms with Gasteiger partial charge in [-0.1, -0.05) is 44.2 Å². The molecule has 0 unspecified atom stereocenters. The molecule has 0 radical (unpaired) electrons. The van der Waals surface area contributed by atoms with Gasteiger partial charge in [0.2, 0.25) is 10.0 Å². The average molecular weight is 480 g/mol. The summed E-state index contributed by atoms with van der Waals surface area (Å²) in [5.41, 5.74) is 5.01. The monoisotopic (exact) mass is 479 g/mol. The lowest BCUT2D eigenvalue weighted by atomic mass is 10.2. The van der Waals surface area contributed by atoms with Crippen LogP contribution < -0.4 is 14.5 Å². The number of benzene rings is 3. The third-order valence-electron chi connectivity index (χ3n) is 4.83. The second-order valence-corrected chi connectivity index (χ2v) is 10.2. The van der Waals surface area contributed by atoms with Gasteiger partial charge in [0.1, 0.15) is 5.75 Å². The molecule has 0 aliphatic carbocycles. The molecule has 0 spiro atoms. The number of rotatable bonds is 10. The van der Waals surface area contributed by atoms with Crippen molar-refractivity contribution in [2.45, 2.75) is 20.4 Å². The second-order valence-electron chi connectivity index (χ2n) is 8.28. The zero-order valence-corrected chi connectivity index (χ0v) is 20.3. The minimum Gasteiger partial charge on any atom is -0.493 e. The fourth-order valence-electron chi connectivity index (χ4n) is 3.07. The van der Waals surface area contributed by atoms with E-state index in [0.29, 0.717) is 23.8 Å². The normalized spacial score (nSPS) is 11.5. The molecule has 0 aliphatic heterocycles. The number of hydrogen-bond acceptors (Lipinski definition) is 5. The fraction of sp³-hybridized carbons (Fsp3) is 0.231. The Morgan fingerprint density at radius 1 is 1.00 bits per heavy atom. The third-order valence-corrected chi connectivity index (χ3v) is 5.97. The molecular weight excluding hydrogens is 450 g/mol. The molecule has 0 fully saturated rings. The maximum Gasteiger partial charge on any atom is 0.271 e. The molecule has 3 aromatic carbocycles. The highest BCUT2D eigenvalue weighted by Gasteiger charge is 2.18. The first kappa shape index (κ1) is 25.0. The lowest BCUT2D eigenvalue weighted by Crippen LogP contribution is -2.29. The summed E-state index contributed by atoms with van der Waals surface area (Å²) in [6, 6.07) is 23.1. The largest absolute Gasteiger partial charge is 0.493 e. The van der Waals surface area contributed by atoms with E-state index in [4.69, 9.17) is 4.74 Å². The van der Waals surface area contributed by atoms with Crippen LogP contribution in [0.25, 0.3) is 0 Å². The molecule has 7 nitrogen and oxygen atoms in total. The average Bonchev–Trinajstić information content (AvgIpc) is 2.82. The molecule has 3 rings (SSSR count). The van der Waals surface area contributed by atoms with Gasteiger partial charge in [-0.25, -0.2) is 13.8 Å². The van der Waals surface area contributed by atoms with Gasteiger partial charge in [-0.3, -0.25) is 9.10 Å². The summed E-state index contributed by atoms with van der Waals surface area (Å²) in [5.74, 6) is 0.836. The summed E-state index contributed by atoms with van der Waals surface area (Å²) in [6.07, 6.45) is 2.71. The first-order valence-corrected chi connectivity index (χ1v) is 12.7. The van der Waals surface area contributed by atoms with E-state index in [0.717, 1.165) is 23.1 Å². The quantitative estimate of drug-likeness (QED) is 0.344. The fourth-order valence-corrected chi connectivity index (χ4v) is 3.96. The Morgan fingerprint density at radius 3 is 2.24 bits per heavy atom. The van der Waals surface area contributed by atoms with Crippen LogP contribution in [0.4, 0.5) is 5.69 Å². The summed E-state index contributed by atoms with van der Waals surface area (Å²) < 4.78 is 31.6. The van der Waals surface area contributed by atoms with E-state index in [-0.39, 0.29) is 6.54 Å². The lowest BCUT2D eigenvalue weighted by molar-refractivity contribution is 0.0955. The Labute approximate surface area is 201 Å². The van der Waals surface area contributed by atoms with Crippen molar-refractivity contribution in [2.24, 2.45) is 11.0 Å². The molecule has 3 aromatic rings. The Bertz CT molecular complexity index is 1210. The molecule has 178 valence electrons. The number of amides is 1. The number of nitrogens with one attached hydrogen (secondary N) is 1. The van der Waals surface area contributed by atoms with Gasteiger partial charge in [0.05, 0.1) is 31.3 Å². The first-order chi connectivity index (χ1) is 16.2. The predicted molar refractivity (Wildman–Crippen MR) is 136 cm³/mol. The van der Waals surface area contributed by atoms with Gasteiger partial charge in [-0.05, 0) is 65.6 Å². The molecule has 1 amide bonds. The van der Waals surface area contributed by atoms with Crippen LogP contribution in [0.15, 0.2) is 84.0 Å². The van der Waals surface area contributed by atoms with E-state index in [9.17, 15) is 13.2 Å². The van der Waals surface area contributed by atoms with Gasteiger partial charge in [-0.15, -0.1) is 0 Å². The third kappa shape index (κ3) is 7.45. The molecule has 8 heteroatoms. The van der Waals surface area contributed by atoms with Crippen molar-refractivity contribution in [3.05, 3.63) is 95.6 Å². The minimum absolute atomic E-state index is 0.205. The number of nitrogens with zero attached hydrogens (tertiary/aromatic N) is 2. The molecule has 0 bridgehead atoms. The maximum atomic E-state index is 12.4. The molecule has 1 N–H and O–H groups in total. The Hall–Kier alpha value is -3.65. The van der Waals surface area contributed by atoms with Gasteiger partial charge in [0.15, 0.2) is 0 Å². The molecule has 0 aromatic heterocycles. The molecule has 34 heavy (non-hydrogen) atoms. The van der Waals surface area contributed by atoms with Crippen LogP contribution in [0.1, 0.15) is 35.3 Å². The SMILES string of the molecule is CC(C)COc1ccc(/C=N\NC(=O)c2ccc(N(Cc3ccccc3)S(C)(=O)=O)cc2)cc1. The second kappa shape index (κ2) is 11.5. The van der Waals surface area contributed by atoms with Crippen molar-refractivity contribution in [3.8, 4) is 5.75 Å². The van der Waals surface area contributed by atoms with Crippen LogP contribution in [-0.2, 0) is 16.6 Å². The van der Waals surface area contributed by atoms with Crippen molar-refractivity contribution in [3.63, 3.8) is 0 Å². The number of hydrogen-bond donors (Lipinski definition) is 1. The zero-order chi connectivity index (χ0) is 24.6. The van der Waals surface area contributed by atoms with Crippen molar-refractivity contribution in [2.75, 3.05) is 17.2 Å². The summed E-state index contributed by atoms with van der Waals surface area (Å²) in [4.78, 5) is 12.4. The standard InChI is InChI=1S/C26H29N3O4S/c1-20(2)19-33-25-15-9-21(10-16-25)17-27-28-26(30)23-11-13-24(14-12-23)29(34(3,31)32)18-22-7-5-4-6-8-22/h4-17,20H,18-19H2,1-3H3,(H,28,30)/b27-17-. The van der Waals surface area contributed by atoms with Gasteiger partial charge < -0.3 is 4.74 Å². The highest BCUT2D eigenvalue weighted by Crippen LogP contribution is 2.21. The number of anilines is 1. The number of carbonyl (C=O) groups excluding carboxylic acids is 1. The van der Waals surface area contributed by atoms with Crippen molar-refractivity contribution < 1.29 is 17.9 Å². The number of carbonyl (C=O) groups is 1. The smallest absolute Gasteiger partial charge is 0.271 e. The van der Waals surface area contributed by atoms with Crippen LogP contribution in [-0.4, -0.2) is 33.4 Å². The van der Waals surface area contributed by atoms with E-state index >= 15 is 0 Å². The highest BCUT2D eigenvalue weighted by atomic mass is 32.2. The molecule has 0 heterocycles. The van der Waals surface area contributed by atoms with Gasteiger partial charge in [0, 0.05) is 5.56 Å². The molecule has 0 saturated heterocycles. The molecular formula is C26H29N3O4S. The summed E-state index contributed by atoms with van der Waals surface area (Å²) in [6.45, 7) is 5.03. The lowest BCUT2D eigenvalue weighted by Gasteiger charge is -2.22. The topological polar surface area (TPSA) is 88.1 Å². The summed E-state index contributed by atoms with van der Waals surface area (Å²) >= 11 is 0.